The topological polar surface area (TPSA) is 73.8 Å². The fourth-order valence-electron chi connectivity index (χ4n) is 3.02. The minimum Gasteiger partial charge on any atom is -0.356 e. The van der Waals surface area contributed by atoms with E-state index in [4.69, 9.17) is 0 Å². The number of fused-ring (bicyclic) bond motifs is 1. The van der Waals surface area contributed by atoms with Gasteiger partial charge in [0.05, 0.1) is 11.1 Å². The number of guanidine groups is 1. The van der Waals surface area contributed by atoms with Gasteiger partial charge in [0.25, 0.3) is 11.8 Å². The van der Waals surface area contributed by atoms with Crippen molar-refractivity contribution in [1.29, 1.82) is 0 Å². The second-order valence-electron chi connectivity index (χ2n) is 6.27. The normalized spacial score (nSPS) is 13.3. The Balaban J connectivity index is 0.00000280. The molecule has 0 fully saturated rings. The van der Waals surface area contributed by atoms with Crippen molar-refractivity contribution in [2.24, 2.45) is 4.99 Å². The summed E-state index contributed by atoms with van der Waals surface area (Å²) in [5, 5.41) is 8.64. The Bertz CT molecular complexity index is 788. The van der Waals surface area contributed by atoms with E-state index in [2.05, 4.69) is 33.1 Å². The van der Waals surface area contributed by atoms with Gasteiger partial charge in [0.15, 0.2) is 5.96 Å². The molecule has 0 saturated carbocycles. The first-order valence-corrected chi connectivity index (χ1v) is 10.0. The Hall–Kier alpha value is -1.94. The van der Waals surface area contributed by atoms with Crippen molar-refractivity contribution in [1.82, 2.24) is 15.5 Å². The number of nitrogens with zero attached hydrogens (tertiary/aromatic N) is 2. The predicted molar refractivity (Wildman–Crippen MR) is 124 cm³/mol. The van der Waals surface area contributed by atoms with Crippen LogP contribution in [0.3, 0.4) is 0 Å². The molecule has 0 aliphatic carbocycles. The van der Waals surface area contributed by atoms with E-state index >= 15 is 0 Å². The first-order valence-electron chi connectivity index (χ1n) is 9.13. The minimum absolute atomic E-state index is 0. The van der Waals surface area contributed by atoms with Gasteiger partial charge in [-0.1, -0.05) is 18.2 Å². The van der Waals surface area contributed by atoms with Gasteiger partial charge in [0.2, 0.25) is 0 Å². The molecule has 2 amide bonds. The molecule has 1 aliphatic heterocycles. The number of imide groups is 1. The zero-order valence-electron chi connectivity index (χ0n) is 15.8. The van der Waals surface area contributed by atoms with E-state index in [1.54, 1.807) is 42.6 Å². The molecule has 0 saturated heterocycles. The molecule has 0 atom stereocenters. The number of carbonyl (C=O) groups excluding carboxylic acids is 2. The number of halogens is 1. The second kappa shape index (κ2) is 11.2. The van der Waals surface area contributed by atoms with Crippen molar-refractivity contribution < 1.29 is 9.59 Å². The van der Waals surface area contributed by atoms with Crippen LogP contribution in [-0.2, 0) is 6.42 Å². The van der Waals surface area contributed by atoms with Crippen molar-refractivity contribution in [3.05, 3.63) is 57.8 Å². The maximum absolute atomic E-state index is 12.3. The molecular weight excluding hydrogens is 487 g/mol. The predicted octanol–water partition coefficient (Wildman–Crippen LogP) is 3.15. The third-order valence-corrected chi connectivity index (χ3v) is 5.38. The molecule has 3 rings (SSSR count). The highest BCUT2D eigenvalue weighted by atomic mass is 127. The van der Waals surface area contributed by atoms with Crippen molar-refractivity contribution >= 4 is 53.1 Å². The quantitative estimate of drug-likeness (QED) is 0.188. The lowest BCUT2D eigenvalue weighted by Crippen LogP contribution is -2.39. The Labute approximate surface area is 186 Å². The molecule has 1 aromatic heterocycles. The van der Waals surface area contributed by atoms with Gasteiger partial charge in [-0.3, -0.25) is 19.5 Å². The highest BCUT2D eigenvalue weighted by molar-refractivity contribution is 14.0. The van der Waals surface area contributed by atoms with Gasteiger partial charge in [-0.15, -0.1) is 35.3 Å². The second-order valence-corrected chi connectivity index (χ2v) is 7.30. The van der Waals surface area contributed by atoms with Gasteiger partial charge in [-0.25, -0.2) is 0 Å². The average Bonchev–Trinajstić information content (AvgIpc) is 3.29. The van der Waals surface area contributed by atoms with E-state index in [1.165, 1.54) is 9.78 Å². The summed E-state index contributed by atoms with van der Waals surface area (Å²) in [4.78, 5) is 31.5. The third-order valence-electron chi connectivity index (χ3n) is 4.45. The Morgan fingerprint density at radius 3 is 2.29 bits per heavy atom. The lowest BCUT2D eigenvalue weighted by atomic mass is 10.1. The summed E-state index contributed by atoms with van der Waals surface area (Å²) in [5.74, 6) is 0.400. The number of carbonyl (C=O) groups is 2. The third kappa shape index (κ3) is 5.54. The van der Waals surface area contributed by atoms with Crippen molar-refractivity contribution in [3.8, 4) is 0 Å². The Kier molecular flexibility index (Phi) is 8.91. The molecule has 2 heterocycles. The summed E-state index contributed by atoms with van der Waals surface area (Å²) >= 11 is 1.75. The molecule has 8 heteroatoms. The smallest absolute Gasteiger partial charge is 0.261 e. The average molecular weight is 512 g/mol. The number of nitrogens with one attached hydrogen (secondary N) is 2. The van der Waals surface area contributed by atoms with Crippen LogP contribution in [0, 0.1) is 0 Å². The molecule has 2 aromatic rings. The number of unbranched alkanes of at least 4 members (excludes halogenated alkanes) is 1. The number of hydrogen-bond acceptors (Lipinski definition) is 4. The maximum atomic E-state index is 12.3. The first kappa shape index (κ1) is 22.4. The number of thiophene rings is 1. The monoisotopic (exact) mass is 512 g/mol. The highest BCUT2D eigenvalue weighted by Gasteiger charge is 2.34. The van der Waals surface area contributed by atoms with Gasteiger partial charge in [-0.05, 0) is 42.8 Å². The molecule has 28 heavy (non-hydrogen) atoms. The lowest BCUT2D eigenvalue weighted by Gasteiger charge is -2.14. The molecule has 150 valence electrons. The van der Waals surface area contributed by atoms with Crippen LogP contribution in [0.4, 0.5) is 0 Å². The van der Waals surface area contributed by atoms with Crippen LogP contribution in [0.1, 0.15) is 38.4 Å². The summed E-state index contributed by atoms with van der Waals surface area (Å²) in [7, 11) is 1.75. The number of rotatable bonds is 8. The molecule has 2 N–H and O–H groups in total. The number of amides is 2. The van der Waals surface area contributed by atoms with E-state index in [1.807, 2.05) is 0 Å². The Morgan fingerprint density at radius 1 is 1.00 bits per heavy atom. The zero-order valence-corrected chi connectivity index (χ0v) is 19.0. The minimum atomic E-state index is -0.186. The molecule has 0 bridgehead atoms. The van der Waals surface area contributed by atoms with Crippen LogP contribution in [-0.4, -0.2) is 49.4 Å². The van der Waals surface area contributed by atoms with Crippen molar-refractivity contribution in [3.63, 3.8) is 0 Å². The zero-order chi connectivity index (χ0) is 19.1. The van der Waals surface area contributed by atoms with Crippen molar-refractivity contribution in [2.75, 3.05) is 26.7 Å². The van der Waals surface area contributed by atoms with Gasteiger partial charge >= 0.3 is 0 Å². The van der Waals surface area contributed by atoms with E-state index in [0.717, 1.165) is 38.3 Å². The largest absolute Gasteiger partial charge is 0.356 e. The van der Waals surface area contributed by atoms with Crippen LogP contribution in [0.15, 0.2) is 46.8 Å². The molecule has 1 aliphatic rings. The van der Waals surface area contributed by atoms with Crippen molar-refractivity contribution in [2.45, 2.75) is 19.3 Å². The molecule has 0 unspecified atom stereocenters. The van der Waals surface area contributed by atoms with Gasteiger partial charge < -0.3 is 10.6 Å². The summed E-state index contributed by atoms with van der Waals surface area (Å²) in [6.07, 6.45) is 2.57. The van der Waals surface area contributed by atoms with E-state index in [9.17, 15) is 9.59 Å². The fourth-order valence-corrected chi connectivity index (χ4v) is 3.73. The van der Waals surface area contributed by atoms with Gasteiger partial charge in [0.1, 0.15) is 0 Å². The molecule has 0 spiro atoms. The van der Waals surface area contributed by atoms with E-state index in [0.29, 0.717) is 17.7 Å². The molecule has 6 nitrogen and oxygen atoms in total. The van der Waals surface area contributed by atoms with Crippen LogP contribution in [0.5, 0.6) is 0 Å². The van der Waals surface area contributed by atoms with Crippen LogP contribution in [0.25, 0.3) is 0 Å². The first-order chi connectivity index (χ1) is 13.2. The Morgan fingerprint density at radius 2 is 1.68 bits per heavy atom. The summed E-state index contributed by atoms with van der Waals surface area (Å²) < 4.78 is 0. The number of aliphatic imine (C=N–C) groups is 1. The van der Waals surface area contributed by atoms with Crippen LogP contribution < -0.4 is 10.6 Å². The summed E-state index contributed by atoms with van der Waals surface area (Å²) in [6.45, 7) is 2.01. The van der Waals surface area contributed by atoms with E-state index < -0.39 is 0 Å². The van der Waals surface area contributed by atoms with Gasteiger partial charge in [0, 0.05) is 31.6 Å². The lowest BCUT2D eigenvalue weighted by molar-refractivity contribution is 0.0652. The highest BCUT2D eigenvalue weighted by Crippen LogP contribution is 2.22. The number of hydrogen-bond donors (Lipinski definition) is 2. The maximum Gasteiger partial charge on any atom is 0.261 e. The fraction of sp³-hybridized carbons (Fsp3) is 0.350. The number of benzene rings is 1. The van der Waals surface area contributed by atoms with Crippen LogP contribution in [0.2, 0.25) is 0 Å². The van der Waals surface area contributed by atoms with E-state index in [-0.39, 0.29) is 35.8 Å². The summed E-state index contributed by atoms with van der Waals surface area (Å²) in [5.41, 5.74) is 1.02. The van der Waals surface area contributed by atoms with Gasteiger partial charge in [-0.2, -0.15) is 0 Å². The molecule has 1 aromatic carbocycles. The SMILES string of the molecule is CN=C(NCCCCN1C(=O)c2ccccc2C1=O)NCCc1cccs1.I. The summed E-state index contributed by atoms with van der Waals surface area (Å²) in [6, 6.07) is 11.2. The molecular formula is C20H25IN4O2S. The standard InChI is InChI=1S/C20H24N4O2S.HI/c1-21-20(23-12-10-15-7-6-14-27-15)22-11-4-5-13-24-18(25)16-8-2-3-9-17(16)19(24)26;/h2-3,6-9,14H,4-5,10-13H2,1H3,(H2,21,22,23);1H. The van der Waals surface area contributed by atoms with Crippen LogP contribution >= 0.6 is 35.3 Å². The molecule has 0 radical (unpaired) electrons.